The van der Waals surface area contributed by atoms with Gasteiger partial charge >= 0.3 is 0 Å². The fourth-order valence-corrected chi connectivity index (χ4v) is 3.88. The monoisotopic (exact) mass is 402 g/mol. The minimum absolute atomic E-state index is 0.0700. The summed E-state index contributed by atoms with van der Waals surface area (Å²) in [7, 11) is 0. The van der Waals surface area contributed by atoms with Gasteiger partial charge in [0.15, 0.2) is 0 Å². The zero-order chi connectivity index (χ0) is 20.8. The van der Waals surface area contributed by atoms with E-state index < -0.39 is 0 Å². The van der Waals surface area contributed by atoms with E-state index in [2.05, 4.69) is 34.3 Å². The van der Waals surface area contributed by atoms with E-state index in [1.165, 1.54) is 11.1 Å². The number of carbonyl (C=O) groups is 1. The first-order valence-corrected chi connectivity index (χ1v) is 10.1. The number of amides is 1. The topological polar surface area (TPSA) is 89.9 Å². The maximum absolute atomic E-state index is 12.6. The molecule has 1 aliphatic rings. The van der Waals surface area contributed by atoms with Gasteiger partial charge in [0.2, 0.25) is 17.6 Å². The van der Waals surface area contributed by atoms with Gasteiger partial charge in [-0.2, -0.15) is 4.98 Å². The summed E-state index contributed by atoms with van der Waals surface area (Å²) in [5.74, 6) is 0.933. The molecule has 4 aromatic rings. The number of aryl methyl sites for hydroxylation is 3. The molecular formula is C22H22N6O2. The Kier molecular flexibility index (Phi) is 4.34. The number of aromatic nitrogens is 5. The number of rotatable bonds is 4. The van der Waals surface area contributed by atoms with Gasteiger partial charge in [0.1, 0.15) is 5.52 Å². The first-order valence-electron chi connectivity index (χ1n) is 10.1. The summed E-state index contributed by atoms with van der Waals surface area (Å²) >= 11 is 0. The number of hydrogen-bond donors (Lipinski definition) is 0. The standard InChI is InChI=1S/C22H22N6O2/c1-4-28-19-8-6-15(10-18(19)24-26-28)21-23-22(30-25-21)16-11-20(29)27(12-16)17-7-5-13(2)14(3)9-17/h5-10,16H,4,11-12H2,1-3H3/t16-/m1/s1. The summed E-state index contributed by atoms with van der Waals surface area (Å²) in [5, 5.41) is 12.5. The van der Waals surface area contributed by atoms with Crippen LogP contribution in [0.1, 0.15) is 36.3 Å². The highest BCUT2D eigenvalue weighted by atomic mass is 16.5. The van der Waals surface area contributed by atoms with Crippen LogP contribution in [-0.4, -0.2) is 37.6 Å². The molecule has 1 aliphatic heterocycles. The molecule has 1 saturated heterocycles. The normalized spacial score (nSPS) is 16.7. The second kappa shape index (κ2) is 7.05. The average Bonchev–Trinajstić information content (AvgIpc) is 3.47. The molecule has 152 valence electrons. The summed E-state index contributed by atoms with van der Waals surface area (Å²) in [6.07, 6.45) is 0.360. The van der Waals surface area contributed by atoms with Gasteiger partial charge < -0.3 is 9.42 Å². The molecule has 1 fully saturated rings. The molecule has 8 nitrogen and oxygen atoms in total. The molecule has 2 aromatic heterocycles. The van der Waals surface area contributed by atoms with Crippen molar-refractivity contribution in [2.45, 2.75) is 39.7 Å². The van der Waals surface area contributed by atoms with Crippen molar-refractivity contribution in [1.29, 1.82) is 0 Å². The van der Waals surface area contributed by atoms with E-state index in [4.69, 9.17) is 4.52 Å². The summed E-state index contributed by atoms with van der Waals surface area (Å²) < 4.78 is 7.38. The molecule has 0 spiro atoms. The summed E-state index contributed by atoms with van der Waals surface area (Å²) in [6, 6.07) is 11.9. The highest BCUT2D eigenvalue weighted by molar-refractivity contribution is 5.96. The third kappa shape index (κ3) is 3.04. The van der Waals surface area contributed by atoms with E-state index in [1.54, 1.807) is 4.90 Å². The first kappa shape index (κ1) is 18.5. The van der Waals surface area contributed by atoms with E-state index in [0.29, 0.717) is 24.7 Å². The van der Waals surface area contributed by atoms with Gasteiger partial charge in [-0.3, -0.25) is 4.79 Å². The predicted octanol–water partition coefficient (Wildman–Crippen LogP) is 3.64. The number of nitrogens with zero attached hydrogens (tertiary/aromatic N) is 6. The lowest BCUT2D eigenvalue weighted by Gasteiger charge is -2.17. The molecule has 2 aromatic carbocycles. The van der Waals surface area contributed by atoms with Crippen molar-refractivity contribution in [1.82, 2.24) is 25.1 Å². The minimum atomic E-state index is -0.120. The zero-order valence-electron chi connectivity index (χ0n) is 17.2. The minimum Gasteiger partial charge on any atom is -0.339 e. The quantitative estimate of drug-likeness (QED) is 0.518. The number of benzene rings is 2. The third-order valence-electron chi connectivity index (χ3n) is 5.79. The van der Waals surface area contributed by atoms with Crippen LogP contribution < -0.4 is 4.90 Å². The van der Waals surface area contributed by atoms with E-state index in [-0.39, 0.29) is 11.8 Å². The van der Waals surface area contributed by atoms with E-state index in [1.807, 2.05) is 48.0 Å². The average molecular weight is 402 g/mol. The molecule has 1 amide bonds. The molecule has 0 bridgehead atoms. The van der Waals surface area contributed by atoms with Gasteiger partial charge in [0, 0.05) is 30.8 Å². The Morgan fingerprint density at radius 2 is 2.00 bits per heavy atom. The van der Waals surface area contributed by atoms with Crippen LogP contribution in [0.5, 0.6) is 0 Å². The second-order valence-electron chi connectivity index (χ2n) is 7.74. The van der Waals surface area contributed by atoms with E-state index in [9.17, 15) is 4.79 Å². The highest BCUT2D eigenvalue weighted by Crippen LogP contribution is 2.33. The molecule has 8 heteroatoms. The first-order chi connectivity index (χ1) is 14.5. The van der Waals surface area contributed by atoms with Gasteiger partial charge in [0.05, 0.1) is 11.4 Å². The van der Waals surface area contributed by atoms with E-state index >= 15 is 0 Å². The SMILES string of the molecule is CCn1nnc2cc(-c3noc([C@@H]4CC(=O)N(c5ccc(C)c(C)c5)C4)n3)ccc21. The van der Waals surface area contributed by atoms with Crippen molar-refractivity contribution in [3.63, 3.8) is 0 Å². The second-order valence-corrected chi connectivity index (χ2v) is 7.74. The Bertz CT molecular complexity index is 1260. The van der Waals surface area contributed by atoms with Gasteiger partial charge in [-0.15, -0.1) is 5.10 Å². The third-order valence-corrected chi connectivity index (χ3v) is 5.79. The number of carbonyl (C=O) groups excluding carboxylic acids is 1. The Labute approximate surface area is 173 Å². The molecule has 5 rings (SSSR count). The molecule has 0 saturated carbocycles. The zero-order valence-corrected chi connectivity index (χ0v) is 17.2. The van der Waals surface area contributed by atoms with Gasteiger partial charge in [-0.25, -0.2) is 4.68 Å². The Balaban J connectivity index is 1.39. The molecule has 0 aliphatic carbocycles. The van der Waals surface area contributed by atoms with Crippen LogP contribution >= 0.6 is 0 Å². The van der Waals surface area contributed by atoms with Crippen LogP contribution in [0.2, 0.25) is 0 Å². The van der Waals surface area contributed by atoms with Gasteiger partial charge in [-0.1, -0.05) is 16.4 Å². The molecule has 1 atom stereocenters. The fourth-order valence-electron chi connectivity index (χ4n) is 3.88. The smallest absolute Gasteiger partial charge is 0.232 e. The predicted molar refractivity (Wildman–Crippen MR) is 112 cm³/mol. The van der Waals surface area contributed by atoms with Crippen molar-refractivity contribution in [3.8, 4) is 11.4 Å². The van der Waals surface area contributed by atoms with Gasteiger partial charge in [0.25, 0.3) is 0 Å². The van der Waals surface area contributed by atoms with Crippen molar-refractivity contribution in [3.05, 3.63) is 53.4 Å². The summed E-state index contributed by atoms with van der Waals surface area (Å²) in [6.45, 7) is 7.43. The van der Waals surface area contributed by atoms with Crippen LogP contribution in [-0.2, 0) is 11.3 Å². The number of fused-ring (bicyclic) bond motifs is 1. The number of hydrogen-bond acceptors (Lipinski definition) is 6. The maximum Gasteiger partial charge on any atom is 0.232 e. The fraction of sp³-hybridized carbons (Fsp3) is 0.318. The van der Waals surface area contributed by atoms with Crippen LogP contribution in [0.15, 0.2) is 40.9 Å². The van der Waals surface area contributed by atoms with Gasteiger partial charge in [-0.05, 0) is 62.2 Å². The number of anilines is 1. The molecule has 0 N–H and O–H groups in total. The Hall–Kier alpha value is -3.55. The molecule has 0 radical (unpaired) electrons. The lowest BCUT2D eigenvalue weighted by atomic mass is 10.1. The van der Waals surface area contributed by atoms with Crippen LogP contribution in [0, 0.1) is 13.8 Å². The van der Waals surface area contributed by atoms with E-state index in [0.717, 1.165) is 28.8 Å². The molecule has 0 unspecified atom stereocenters. The summed E-state index contributed by atoms with van der Waals surface area (Å²) in [4.78, 5) is 19.0. The Morgan fingerprint density at radius 1 is 1.13 bits per heavy atom. The van der Waals surface area contributed by atoms with Crippen LogP contribution in [0.25, 0.3) is 22.4 Å². The van der Waals surface area contributed by atoms with Crippen LogP contribution in [0.4, 0.5) is 5.69 Å². The van der Waals surface area contributed by atoms with Crippen LogP contribution in [0.3, 0.4) is 0 Å². The maximum atomic E-state index is 12.6. The Morgan fingerprint density at radius 3 is 2.80 bits per heavy atom. The highest BCUT2D eigenvalue weighted by Gasteiger charge is 2.35. The molecule has 30 heavy (non-hydrogen) atoms. The van der Waals surface area contributed by atoms with Crippen molar-refractivity contribution >= 4 is 22.6 Å². The molecular weight excluding hydrogens is 380 g/mol. The lowest BCUT2D eigenvalue weighted by Crippen LogP contribution is -2.24. The van der Waals surface area contributed by atoms with Crippen molar-refractivity contribution < 1.29 is 9.32 Å². The summed E-state index contributed by atoms with van der Waals surface area (Å²) in [5.41, 5.74) is 5.86. The lowest BCUT2D eigenvalue weighted by molar-refractivity contribution is -0.117. The van der Waals surface area contributed by atoms with Crippen molar-refractivity contribution in [2.75, 3.05) is 11.4 Å². The largest absolute Gasteiger partial charge is 0.339 e. The molecule has 3 heterocycles. The van der Waals surface area contributed by atoms with Crippen molar-refractivity contribution in [2.24, 2.45) is 0 Å².